The number of nitrogens with one attached hydrogen (secondary N) is 1. The Morgan fingerprint density at radius 2 is 1.45 bits per heavy atom. The van der Waals surface area contributed by atoms with E-state index in [2.05, 4.69) is 26.1 Å². The molecular formula is C23H32N2O3S. The third kappa shape index (κ3) is 5.06. The highest BCUT2D eigenvalue weighted by molar-refractivity contribution is 7.89. The third-order valence-corrected chi connectivity index (χ3v) is 7.22. The molecule has 0 unspecified atom stereocenters. The topological polar surface area (TPSA) is 66.5 Å². The molecule has 0 atom stereocenters. The Morgan fingerprint density at radius 3 is 1.90 bits per heavy atom. The summed E-state index contributed by atoms with van der Waals surface area (Å²) in [6, 6.07) is 9.58. The summed E-state index contributed by atoms with van der Waals surface area (Å²) in [5.41, 5.74) is 5.00. The van der Waals surface area contributed by atoms with Crippen LogP contribution >= 0.6 is 0 Å². The van der Waals surface area contributed by atoms with Crippen molar-refractivity contribution in [1.29, 1.82) is 0 Å². The number of carbonyl (C=O) groups excluding carboxylic acids is 1. The van der Waals surface area contributed by atoms with Gasteiger partial charge in [0.05, 0.1) is 11.4 Å². The molecule has 5 nitrogen and oxygen atoms in total. The molecule has 0 spiro atoms. The molecule has 0 saturated carbocycles. The van der Waals surface area contributed by atoms with Gasteiger partial charge in [-0.1, -0.05) is 51.1 Å². The van der Waals surface area contributed by atoms with Crippen LogP contribution in [0.3, 0.4) is 0 Å². The van der Waals surface area contributed by atoms with Crippen molar-refractivity contribution in [3.05, 3.63) is 58.1 Å². The number of amides is 1. The second kappa shape index (κ2) is 8.28. The van der Waals surface area contributed by atoms with E-state index in [1.807, 2.05) is 44.2 Å². The highest BCUT2D eigenvalue weighted by atomic mass is 32.2. The zero-order chi connectivity index (χ0) is 22.1. The molecular weight excluding hydrogens is 384 g/mol. The minimum Gasteiger partial charge on any atom is -0.324 e. The van der Waals surface area contributed by atoms with Crippen LogP contribution in [0.1, 0.15) is 48.6 Å². The smallest absolute Gasteiger partial charge is 0.243 e. The van der Waals surface area contributed by atoms with Gasteiger partial charge in [0.1, 0.15) is 0 Å². The molecule has 0 bridgehead atoms. The highest BCUT2D eigenvalue weighted by Crippen LogP contribution is 2.30. The van der Waals surface area contributed by atoms with Crippen molar-refractivity contribution in [3.63, 3.8) is 0 Å². The van der Waals surface area contributed by atoms with Crippen LogP contribution in [0.15, 0.2) is 35.2 Å². The van der Waals surface area contributed by atoms with Crippen molar-refractivity contribution in [2.45, 2.75) is 58.8 Å². The molecule has 158 valence electrons. The Hall–Kier alpha value is -2.18. The fourth-order valence-electron chi connectivity index (χ4n) is 3.42. The fraction of sp³-hybridized carbons (Fsp3) is 0.435. The molecule has 29 heavy (non-hydrogen) atoms. The number of sulfonamides is 1. The molecule has 0 aliphatic carbocycles. The van der Waals surface area contributed by atoms with Crippen molar-refractivity contribution in [2.24, 2.45) is 0 Å². The van der Waals surface area contributed by atoms with Gasteiger partial charge in [-0.2, -0.15) is 4.31 Å². The zero-order valence-corrected chi connectivity index (χ0v) is 19.5. The third-order valence-electron chi connectivity index (χ3n) is 5.11. The molecule has 0 aliphatic heterocycles. The first-order chi connectivity index (χ1) is 13.2. The van der Waals surface area contributed by atoms with E-state index in [1.165, 1.54) is 7.05 Å². The summed E-state index contributed by atoms with van der Waals surface area (Å²) in [6.07, 6.45) is 0. The predicted molar refractivity (Wildman–Crippen MR) is 119 cm³/mol. The molecule has 6 heteroatoms. The van der Waals surface area contributed by atoms with Crippen LogP contribution in [0.25, 0.3) is 0 Å². The average Bonchev–Trinajstić information content (AvgIpc) is 2.56. The van der Waals surface area contributed by atoms with Crippen LogP contribution < -0.4 is 5.32 Å². The lowest BCUT2D eigenvalue weighted by atomic mass is 9.85. The van der Waals surface area contributed by atoms with Gasteiger partial charge in [-0.25, -0.2) is 8.42 Å². The van der Waals surface area contributed by atoms with Gasteiger partial charge in [0.15, 0.2) is 0 Å². The Balaban J connectivity index is 2.29. The first-order valence-corrected chi connectivity index (χ1v) is 11.1. The highest BCUT2D eigenvalue weighted by Gasteiger charge is 2.28. The van der Waals surface area contributed by atoms with Gasteiger partial charge in [0.2, 0.25) is 15.9 Å². The minimum atomic E-state index is -3.80. The van der Waals surface area contributed by atoms with Crippen LogP contribution in [0.2, 0.25) is 0 Å². The van der Waals surface area contributed by atoms with Crippen LogP contribution in [0, 0.1) is 27.7 Å². The maximum atomic E-state index is 13.2. The van der Waals surface area contributed by atoms with E-state index in [0.29, 0.717) is 11.1 Å². The number of carbonyl (C=O) groups is 1. The molecule has 0 aromatic heterocycles. The van der Waals surface area contributed by atoms with Gasteiger partial charge < -0.3 is 5.32 Å². The minimum absolute atomic E-state index is 0.0744. The van der Waals surface area contributed by atoms with Crippen LogP contribution in [-0.2, 0) is 20.2 Å². The number of hydrogen-bond acceptors (Lipinski definition) is 3. The van der Waals surface area contributed by atoms with Crippen LogP contribution in [0.5, 0.6) is 0 Å². The van der Waals surface area contributed by atoms with E-state index < -0.39 is 10.0 Å². The largest absolute Gasteiger partial charge is 0.324 e. The predicted octanol–water partition coefficient (Wildman–Crippen LogP) is 4.48. The number of para-hydroxylation sites is 1. The molecule has 1 N–H and O–H groups in total. The van der Waals surface area contributed by atoms with Crippen molar-refractivity contribution < 1.29 is 13.2 Å². The second-order valence-electron chi connectivity index (χ2n) is 8.77. The van der Waals surface area contributed by atoms with Crippen molar-refractivity contribution in [2.75, 3.05) is 18.9 Å². The summed E-state index contributed by atoms with van der Waals surface area (Å²) in [7, 11) is -2.36. The second-order valence-corrected chi connectivity index (χ2v) is 10.7. The number of benzene rings is 2. The summed E-state index contributed by atoms with van der Waals surface area (Å²) in [4.78, 5) is 12.8. The van der Waals surface area contributed by atoms with Gasteiger partial charge in [-0.15, -0.1) is 0 Å². The molecule has 0 radical (unpaired) electrons. The lowest BCUT2D eigenvalue weighted by Crippen LogP contribution is -2.36. The number of aryl methyl sites for hydroxylation is 4. The van der Waals surface area contributed by atoms with Crippen molar-refractivity contribution >= 4 is 21.6 Å². The number of hydrogen-bond donors (Lipinski definition) is 1. The average molecular weight is 417 g/mol. The summed E-state index contributed by atoms with van der Waals surface area (Å²) in [5, 5.41) is 2.85. The van der Waals surface area contributed by atoms with Gasteiger partial charge >= 0.3 is 0 Å². The van der Waals surface area contributed by atoms with Crippen molar-refractivity contribution in [1.82, 2.24) is 4.31 Å². The Morgan fingerprint density at radius 1 is 0.966 bits per heavy atom. The van der Waals surface area contributed by atoms with E-state index in [4.69, 9.17) is 0 Å². The lowest BCUT2D eigenvalue weighted by molar-refractivity contribution is -0.116. The molecule has 0 aliphatic rings. The molecule has 0 saturated heterocycles. The number of rotatable bonds is 5. The molecule has 2 rings (SSSR count). The lowest BCUT2D eigenvalue weighted by Gasteiger charge is -2.24. The van der Waals surface area contributed by atoms with Crippen molar-refractivity contribution in [3.8, 4) is 0 Å². The normalized spacial score (nSPS) is 12.3. The number of anilines is 1. The van der Waals surface area contributed by atoms with Gasteiger partial charge in [-0.3, -0.25) is 4.79 Å². The van der Waals surface area contributed by atoms with Gasteiger partial charge in [0, 0.05) is 12.7 Å². The monoisotopic (exact) mass is 416 g/mol. The number of nitrogens with zero attached hydrogens (tertiary/aromatic N) is 1. The first kappa shape index (κ1) is 23.1. The Bertz CT molecular complexity index is 991. The SMILES string of the molecule is Cc1cccc(C)c1NC(=O)CN(C)S(=O)(=O)c1c(C)cc(C(C)(C)C)cc1C. The maximum absolute atomic E-state index is 13.2. The van der Waals surface area contributed by atoms with Crippen LogP contribution in [-0.4, -0.2) is 32.2 Å². The zero-order valence-electron chi connectivity index (χ0n) is 18.7. The standard InChI is InChI=1S/C23H32N2O3S/c1-15-10-9-11-16(2)21(15)24-20(26)14-25(8)29(27,28)22-17(3)12-19(13-18(22)4)23(5,6)7/h9-13H,14H2,1-8H3,(H,24,26). The fourth-order valence-corrected chi connectivity index (χ4v) is 4.95. The van der Waals surface area contributed by atoms with Gasteiger partial charge in [0.25, 0.3) is 0 Å². The molecule has 2 aromatic carbocycles. The summed E-state index contributed by atoms with van der Waals surface area (Å²) in [5.74, 6) is -0.366. The van der Waals surface area contributed by atoms with Gasteiger partial charge in [-0.05, 0) is 60.9 Å². The molecule has 0 heterocycles. The van der Waals surface area contributed by atoms with Crippen LogP contribution in [0.4, 0.5) is 5.69 Å². The molecule has 1 amide bonds. The van der Waals surface area contributed by atoms with E-state index in [-0.39, 0.29) is 22.8 Å². The van der Waals surface area contributed by atoms with E-state index in [9.17, 15) is 13.2 Å². The Kier molecular flexibility index (Phi) is 6.60. The van der Waals surface area contributed by atoms with E-state index in [1.54, 1.807) is 13.8 Å². The molecule has 0 fully saturated rings. The maximum Gasteiger partial charge on any atom is 0.243 e. The first-order valence-electron chi connectivity index (χ1n) is 9.69. The van der Waals surface area contributed by atoms with E-state index >= 15 is 0 Å². The quantitative estimate of drug-likeness (QED) is 0.782. The summed E-state index contributed by atoms with van der Waals surface area (Å²) < 4.78 is 27.5. The Labute approximate surface area is 175 Å². The summed E-state index contributed by atoms with van der Waals surface area (Å²) in [6.45, 7) is 13.5. The summed E-state index contributed by atoms with van der Waals surface area (Å²) >= 11 is 0. The number of likely N-dealkylation sites (N-methyl/N-ethyl adjacent to an activating group) is 1. The molecule has 2 aromatic rings. The van der Waals surface area contributed by atoms with E-state index in [0.717, 1.165) is 26.7 Å².